The van der Waals surface area contributed by atoms with Crippen LogP contribution < -0.4 is 10.2 Å². The van der Waals surface area contributed by atoms with Crippen LogP contribution in [0.3, 0.4) is 0 Å². The topological polar surface area (TPSA) is 71.8 Å². The van der Waals surface area contributed by atoms with E-state index >= 15 is 0 Å². The molecule has 0 radical (unpaired) electrons. The first-order valence-corrected chi connectivity index (χ1v) is 5.43. The molecule has 0 unspecified atom stereocenters. The maximum Gasteiger partial charge on any atom is 0.491 e. The highest BCUT2D eigenvalue weighted by Gasteiger charge is 2.20. The first-order valence-electron chi connectivity index (χ1n) is 5.43. The first kappa shape index (κ1) is 12.3. The van der Waals surface area contributed by atoms with Crippen molar-refractivity contribution in [1.29, 1.82) is 0 Å². The molecule has 0 saturated carbocycles. The fourth-order valence-corrected chi connectivity index (χ4v) is 1.66. The fraction of sp³-hybridized carbons (Fsp3) is 0.500. The molecule has 0 spiro atoms. The van der Waals surface area contributed by atoms with Gasteiger partial charge in [-0.05, 0) is 0 Å². The zero-order valence-electron chi connectivity index (χ0n) is 9.17. The van der Waals surface area contributed by atoms with E-state index in [4.69, 9.17) is 19.5 Å². The molecule has 0 aromatic carbocycles. The molecule has 5 nitrogen and oxygen atoms in total. The van der Waals surface area contributed by atoms with Crippen LogP contribution in [0.5, 0.6) is 5.88 Å². The lowest BCUT2D eigenvalue weighted by molar-refractivity contribution is 0.0237. The van der Waals surface area contributed by atoms with E-state index in [2.05, 4.69) is 4.98 Å². The van der Waals surface area contributed by atoms with Crippen molar-refractivity contribution in [3.8, 4) is 5.88 Å². The number of hydrogen-bond acceptors (Lipinski definition) is 5. The third-order valence-corrected chi connectivity index (χ3v) is 2.59. The smallest absolute Gasteiger partial charge is 0.474 e. The molecule has 1 aliphatic heterocycles. The van der Waals surface area contributed by atoms with Gasteiger partial charge in [0, 0.05) is 24.4 Å². The summed E-state index contributed by atoms with van der Waals surface area (Å²) in [4.78, 5) is 3.76. The summed E-state index contributed by atoms with van der Waals surface area (Å²) < 4.78 is 23.8. The Labute approximate surface area is 98.3 Å². The summed E-state index contributed by atoms with van der Waals surface area (Å²) in [5, 5.41) is 17.9. The van der Waals surface area contributed by atoms with Crippen molar-refractivity contribution in [3.63, 3.8) is 0 Å². The van der Waals surface area contributed by atoms with E-state index in [0.29, 0.717) is 13.2 Å². The number of nitrogens with zero attached hydrogens (tertiary/aromatic N) is 1. The monoisotopic (exact) mass is 241 g/mol. The number of aromatic nitrogens is 1. The Bertz CT molecular complexity index is 385. The Hall–Kier alpha value is -1.18. The van der Waals surface area contributed by atoms with Crippen LogP contribution in [-0.2, 0) is 4.74 Å². The average molecular weight is 241 g/mol. The molecule has 0 atom stereocenters. The van der Waals surface area contributed by atoms with Crippen molar-refractivity contribution in [3.05, 3.63) is 18.1 Å². The normalized spacial score (nSPS) is 16.9. The van der Waals surface area contributed by atoms with Crippen molar-refractivity contribution in [2.75, 3.05) is 13.2 Å². The van der Waals surface area contributed by atoms with E-state index in [1.54, 1.807) is 0 Å². The van der Waals surface area contributed by atoms with Crippen LogP contribution in [0.25, 0.3) is 0 Å². The molecule has 1 fully saturated rings. The summed E-state index contributed by atoms with van der Waals surface area (Å²) in [7, 11) is -1.87. The average Bonchev–Trinajstić information content (AvgIpc) is 2.32. The molecule has 1 aromatic heterocycles. The lowest BCUT2D eigenvalue weighted by Gasteiger charge is -2.22. The maximum absolute atomic E-state index is 13.1. The van der Waals surface area contributed by atoms with Crippen LogP contribution in [0.2, 0.25) is 0 Å². The highest BCUT2D eigenvalue weighted by Crippen LogP contribution is 2.15. The molecule has 7 heteroatoms. The number of hydrogen-bond donors (Lipinski definition) is 2. The Morgan fingerprint density at radius 1 is 1.41 bits per heavy atom. The summed E-state index contributed by atoms with van der Waals surface area (Å²) in [5.41, 5.74) is -0.234. The van der Waals surface area contributed by atoms with Crippen LogP contribution in [0.4, 0.5) is 4.39 Å². The summed E-state index contributed by atoms with van der Waals surface area (Å²) in [6.45, 7) is 1.25. The van der Waals surface area contributed by atoms with Crippen LogP contribution in [-0.4, -0.2) is 41.5 Å². The minimum atomic E-state index is -1.87. The standard InChI is InChI=1S/C10H13BFNO4/c12-9-6-13-10(5-8(9)11(14)15)17-7-1-3-16-4-2-7/h5-7,14-15H,1-4H2. The second-order valence-corrected chi connectivity index (χ2v) is 3.85. The lowest BCUT2D eigenvalue weighted by Crippen LogP contribution is -2.34. The van der Waals surface area contributed by atoms with Gasteiger partial charge in [-0.15, -0.1) is 0 Å². The Kier molecular flexibility index (Phi) is 3.93. The number of pyridine rings is 1. The summed E-state index contributed by atoms with van der Waals surface area (Å²) in [6.07, 6.45) is 2.39. The zero-order chi connectivity index (χ0) is 12.3. The molecule has 0 bridgehead atoms. The largest absolute Gasteiger partial charge is 0.491 e. The van der Waals surface area contributed by atoms with Gasteiger partial charge in [-0.25, -0.2) is 9.37 Å². The minimum absolute atomic E-state index is 0.0228. The van der Waals surface area contributed by atoms with E-state index in [0.717, 1.165) is 19.0 Å². The Balaban J connectivity index is 2.07. The molecule has 1 aliphatic rings. The molecule has 2 N–H and O–H groups in total. The predicted molar refractivity (Wildman–Crippen MR) is 58.5 cm³/mol. The Morgan fingerprint density at radius 3 is 2.76 bits per heavy atom. The minimum Gasteiger partial charge on any atom is -0.474 e. The van der Waals surface area contributed by atoms with Gasteiger partial charge < -0.3 is 19.5 Å². The van der Waals surface area contributed by atoms with Gasteiger partial charge in [-0.2, -0.15) is 0 Å². The van der Waals surface area contributed by atoms with Crippen LogP contribution in [0.15, 0.2) is 12.3 Å². The molecule has 2 heterocycles. The van der Waals surface area contributed by atoms with Gasteiger partial charge in [0.15, 0.2) is 0 Å². The van der Waals surface area contributed by atoms with E-state index in [9.17, 15) is 4.39 Å². The third-order valence-electron chi connectivity index (χ3n) is 2.59. The van der Waals surface area contributed by atoms with E-state index < -0.39 is 12.9 Å². The van der Waals surface area contributed by atoms with Gasteiger partial charge in [-0.1, -0.05) is 0 Å². The molecule has 0 amide bonds. The number of rotatable bonds is 3. The van der Waals surface area contributed by atoms with Gasteiger partial charge in [-0.3, -0.25) is 0 Å². The predicted octanol–water partition coefficient (Wildman–Crippen LogP) is -0.542. The van der Waals surface area contributed by atoms with Crippen molar-refractivity contribution < 1.29 is 23.9 Å². The van der Waals surface area contributed by atoms with Crippen molar-refractivity contribution in [2.45, 2.75) is 18.9 Å². The third kappa shape index (κ3) is 3.15. The highest BCUT2D eigenvalue weighted by molar-refractivity contribution is 6.58. The fourth-order valence-electron chi connectivity index (χ4n) is 1.66. The van der Waals surface area contributed by atoms with Gasteiger partial charge in [0.2, 0.25) is 5.88 Å². The summed E-state index contributed by atoms with van der Waals surface area (Å²) >= 11 is 0. The zero-order valence-corrected chi connectivity index (χ0v) is 9.17. The molecule has 1 saturated heterocycles. The summed E-state index contributed by atoms with van der Waals surface area (Å²) in [6, 6.07) is 1.20. The van der Waals surface area contributed by atoms with Crippen LogP contribution >= 0.6 is 0 Å². The van der Waals surface area contributed by atoms with Gasteiger partial charge >= 0.3 is 7.12 Å². The Morgan fingerprint density at radius 2 is 2.12 bits per heavy atom. The highest BCUT2D eigenvalue weighted by atomic mass is 19.1. The lowest BCUT2D eigenvalue weighted by atomic mass is 9.80. The number of ether oxygens (including phenoxy) is 2. The van der Waals surface area contributed by atoms with Crippen molar-refractivity contribution in [2.24, 2.45) is 0 Å². The van der Waals surface area contributed by atoms with E-state index in [1.807, 2.05) is 0 Å². The SMILES string of the molecule is OB(O)c1cc(OC2CCOCC2)ncc1F. The maximum atomic E-state index is 13.1. The van der Waals surface area contributed by atoms with Crippen molar-refractivity contribution in [1.82, 2.24) is 4.98 Å². The van der Waals surface area contributed by atoms with Crippen LogP contribution in [0, 0.1) is 5.82 Å². The van der Waals surface area contributed by atoms with Gasteiger partial charge in [0.05, 0.1) is 19.4 Å². The quantitative estimate of drug-likeness (QED) is 0.695. The number of halogens is 1. The summed E-state index contributed by atoms with van der Waals surface area (Å²) in [5.74, 6) is -0.569. The van der Waals surface area contributed by atoms with E-state index in [1.165, 1.54) is 6.07 Å². The second-order valence-electron chi connectivity index (χ2n) is 3.85. The van der Waals surface area contributed by atoms with Gasteiger partial charge in [0.25, 0.3) is 0 Å². The van der Waals surface area contributed by atoms with E-state index in [-0.39, 0.29) is 17.4 Å². The first-order chi connectivity index (χ1) is 8.16. The van der Waals surface area contributed by atoms with Crippen LogP contribution in [0.1, 0.15) is 12.8 Å². The molecular weight excluding hydrogens is 228 g/mol. The van der Waals surface area contributed by atoms with Gasteiger partial charge in [0.1, 0.15) is 11.9 Å². The molecule has 1 aromatic rings. The molecule has 92 valence electrons. The molecule has 0 aliphatic carbocycles. The molecule has 17 heavy (non-hydrogen) atoms. The second kappa shape index (κ2) is 5.44. The van der Waals surface area contributed by atoms with Crippen molar-refractivity contribution >= 4 is 12.6 Å². The molecule has 2 rings (SSSR count). The molecular formula is C10H13BFNO4.